The molecule has 1 N–H and O–H groups in total. The number of anilines is 1. The summed E-state index contributed by atoms with van der Waals surface area (Å²) < 4.78 is 0. The minimum Gasteiger partial charge on any atom is -0.388 e. The van der Waals surface area contributed by atoms with E-state index in [0.717, 1.165) is 24.4 Å². The number of para-hydroxylation sites is 1. The fourth-order valence-corrected chi connectivity index (χ4v) is 2.12. The van der Waals surface area contributed by atoms with Crippen LogP contribution >= 0.6 is 0 Å². The molecule has 0 amide bonds. The maximum atomic E-state index is 9.98. The second-order valence-electron chi connectivity index (χ2n) is 4.81. The minimum atomic E-state index is -0.335. The summed E-state index contributed by atoms with van der Waals surface area (Å²) in [5, 5.41) is 9.98. The van der Waals surface area contributed by atoms with Crippen LogP contribution in [0.15, 0.2) is 24.3 Å². The molecule has 88 valence electrons. The van der Waals surface area contributed by atoms with Gasteiger partial charge >= 0.3 is 0 Å². The first-order valence-electron chi connectivity index (χ1n) is 6.20. The number of hydrogen-bond acceptors (Lipinski definition) is 2. The molecule has 1 aromatic rings. The van der Waals surface area contributed by atoms with Crippen LogP contribution in [0, 0.1) is 5.92 Å². The summed E-state index contributed by atoms with van der Waals surface area (Å²) >= 11 is 0. The molecule has 0 bridgehead atoms. The Morgan fingerprint density at radius 3 is 2.69 bits per heavy atom. The van der Waals surface area contributed by atoms with Crippen LogP contribution in [0.1, 0.15) is 37.9 Å². The van der Waals surface area contributed by atoms with Crippen molar-refractivity contribution in [2.24, 2.45) is 5.92 Å². The lowest BCUT2D eigenvalue weighted by atomic mass is 10.0. The van der Waals surface area contributed by atoms with Crippen molar-refractivity contribution >= 4 is 5.69 Å². The molecular weight excluding hydrogens is 198 g/mol. The molecule has 2 rings (SSSR count). The van der Waals surface area contributed by atoms with Crippen molar-refractivity contribution < 1.29 is 5.11 Å². The topological polar surface area (TPSA) is 23.5 Å². The Morgan fingerprint density at radius 2 is 2.06 bits per heavy atom. The standard InChI is InChI=1S/C14H21NO/c1-3-14(16)12-6-4-5-7-13(12)15(2)10-11-8-9-11/h4-7,11,14,16H,3,8-10H2,1-2H3/t14-/m1/s1. The van der Waals surface area contributed by atoms with Gasteiger partial charge in [-0.1, -0.05) is 25.1 Å². The van der Waals surface area contributed by atoms with E-state index < -0.39 is 0 Å². The number of aliphatic hydroxyl groups is 1. The quantitative estimate of drug-likeness (QED) is 0.823. The normalized spacial score (nSPS) is 17.2. The van der Waals surface area contributed by atoms with E-state index >= 15 is 0 Å². The molecular formula is C14H21NO. The lowest BCUT2D eigenvalue weighted by molar-refractivity contribution is 0.174. The zero-order valence-electron chi connectivity index (χ0n) is 10.2. The molecule has 2 heteroatoms. The molecule has 1 aliphatic rings. The molecule has 0 radical (unpaired) electrons. The van der Waals surface area contributed by atoms with Crippen molar-refractivity contribution in [1.29, 1.82) is 0 Å². The summed E-state index contributed by atoms with van der Waals surface area (Å²) in [6, 6.07) is 8.19. The van der Waals surface area contributed by atoms with E-state index in [2.05, 4.69) is 18.0 Å². The van der Waals surface area contributed by atoms with E-state index in [-0.39, 0.29) is 6.10 Å². The highest BCUT2D eigenvalue weighted by molar-refractivity contribution is 5.54. The van der Waals surface area contributed by atoms with Crippen molar-refractivity contribution in [3.8, 4) is 0 Å². The third-order valence-electron chi connectivity index (χ3n) is 3.32. The van der Waals surface area contributed by atoms with Crippen LogP contribution in [0.4, 0.5) is 5.69 Å². The molecule has 0 saturated heterocycles. The van der Waals surface area contributed by atoms with Crippen LogP contribution in [-0.4, -0.2) is 18.7 Å². The molecule has 1 aromatic carbocycles. The summed E-state index contributed by atoms with van der Waals surface area (Å²) in [7, 11) is 2.12. The first kappa shape index (κ1) is 11.5. The second kappa shape index (κ2) is 4.88. The predicted molar refractivity (Wildman–Crippen MR) is 67.7 cm³/mol. The summed E-state index contributed by atoms with van der Waals surface area (Å²) in [5.74, 6) is 0.872. The maximum Gasteiger partial charge on any atom is 0.0807 e. The van der Waals surface area contributed by atoms with Gasteiger partial charge in [0.25, 0.3) is 0 Å². The third-order valence-corrected chi connectivity index (χ3v) is 3.32. The van der Waals surface area contributed by atoms with E-state index in [4.69, 9.17) is 0 Å². The Kier molecular flexibility index (Phi) is 3.49. The van der Waals surface area contributed by atoms with Gasteiger partial charge < -0.3 is 10.0 Å². The Balaban J connectivity index is 2.16. The van der Waals surface area contributed by atoms with Crippen LogP contribution in [0.3, 0.4) is 0 Å². The van der Waals surface area contributed by atoms with Crippen molar-refractivity contribution in [3.63, 3.8) is 0 Å². The monoisotopic (exact) mass is 219 g/mol. The van der Waals surface area contributed by atoms with Crippen LogP contribution < -0.4 is 4.90 Å². The highest BCUT2D eigenvalue weighted by Gasteiger charge is 2.24. The zero-order valence-corrected chi connectivity index (χ0v) is 10.2. The number of benzene rings is 1. The molecule has 0 spiro atoms. The smallest absolute Gasteiger partial charge is 0.0807 e. The molecule has 1 atom stereocenters. The highest BCUT2D eigenvalue weighted by atomic mass is 16.3. The van der Waals surface area contributed by atoms with Gasteiger partial charge in [0.2, 0.25) is 0 Å². The highest BCUT2D eigenvalue weighted by Crippen LogP contribution is 2.33. The second-order valence-corrected chi connectivity index (χ2v) is 4.81. The summed E-state index contributed by atoms with van der Waals surface area (Å²) in [4.78, 5) is 2.28. The van der Waals surface area contributed by atoms with E-state index in [0.29, 0.717) is 0 Å². The van der Waals surface area contributed by atoms with Crippen LogP contribution in [0.2, 0.25) is 0 Å². The maximum absolute atomic E-state index is 9.98. The Bertz CT molecular complexity index is 346. The van der Waals surface area contributed by atoms with Gasteiger partial charge in [-0.2, -0.15) is 0 Å². The van der Waals surface area contributed by atoms with Gasteiger partial charge in [-0.05, 0) is 31.2 Å². The van der Waals surface area contributed by atoms with Crippen LogP contribution in [0.25, 0.3) is 0 Å². The molecule has 2 nitrogen and oxygen atoms in total. The molecule has 0 aromatic heterocycles. The average molecular weight is 219 g/mol. The van der Waals surface area contributed by atoms with Crippen molar-refractivity contribution in [3.05, 3.63) is 29.8 Å². The van der Waals surface area contributed by atoms with Gasteiger partial charge in [0.1, 0.15) is 0 Å². The lowest BCUT2D eigenvalue weighted by Crippen LogP contribution is -2.21. The summed E-state index contributed by atoms with van der Waals surface area (Å²) in [6.45, 7) is 3.13. The number of nitrogens with zero attached hydrogens (tertiary/aromatic N) is 1. The molecule has 1 aliphatic carbocycles. The van der Waals surface area contributed by atoms with Crippen LogP contribution in [0.5, 0.6) is 0 Å². The fraction of sp³-hybridized carbons (Fsp3) is 0.571. The van der Waals surface area contributed by atoms with Crippen molar-refractivity contribution in [1.82, 2.24) is 0 Å². The number of hydrogen-bond donors (Lipinski definition) is 1. The number of aliphatic hydroxyl groups excluding tert-OH is 1. The van der Waals surface area contributed by atoms with Crippen molar-refractivity contribution in [2.45, 2.75) is 32.3 Å². The average Bonchev–Trinajstić information content (AvgIpc) is 3.12. The van der Waals surface area contributed by atoms with E-state index in [1.54, 1.807) is 0 Å². The summed E-state index contributed by atoms with van der Waals surface area (Å²) in [5.41, 5.74) is 2.25. The van der Waals surface area contributed by atoms with Gasteiger partial charge in [-0.25, -0.2) is 0 Å². The van der Waals surface area contributed by atoms with Gasteiger partial charge in [0.15, 0.2) is 0 Å². The minimum absolute atomic E-state index is 0.335. The van der Waals surface area contributed by atoms with Gasteiger partial charge in [-0.15, -0.1) is 0 Å². The van der Waals surface area contributed by atoms with Gasteiger partial charge in [0.05, 0.1) is 6.10 Å². The Morgan fingerprint density at radius 1 is 1.38 bits per heavy atom. The molecule has 1 fully saturated rings. The summed E-state index contributed by atoms with van der Waals surface area (Å²) in [6.07, 6.45) is 3.16. The lowest BCUT2D eigenvalue weighted by Gasteiger charge is -2.24. The van der Waals surface area contributed by atoms with E-state index in [1.165, 1.54) is 18.5 Å². The van der Waals surface area contributed by atoms with Gasteiger partial charge in [0, 0.05) is 24.8 Å². The first-order chi connectivity index (χ1) is 7.72. The third kappa shape index (κ3) is 2.56. The predicted octanol–water partition coefficient (Wildman–Crippen LogP) is 2.98. The van der Waals surface area contributed by atoms with Crippen molar-refractivity contribution in [2.75, 3.05) is 18.5 Å². The number of rotatable bonds is 5. The molecule has 0 aliphatic heterocycles. The zero-order chi connectivity index (χ0) is 11.5. The molecule has 1 saturated carbocycles. The Labute approximate surface area is 97.9 Å². The van der Waals surface area contributed by atoms with Crippen LogP contribution in [-0.2, 0) is 0 Å². The Hall–Kier alpha value is -1.02. The molecule has 16 heavy (non-hydrogen) atoms. The van der Waals surface area contributed by atoms with E-state index in [9.17, 15) is 5.11 Å². The van der Waals surface area contributed by atoms with Gasteiger partial charge in [-0.3, -0.25) is 0 Å². The fourth-order valence-electron chi connectivity index (χ4n) is 2.12. The first-order valence-corrected chi connectivity index (χ1v) is 6.20. The molecule has 0 heterocycles. The largest absolute Gasteiger partial charge is 0.388 e. The molecule has 0 unspecified atom stereocenters. The van der Waals surface area contributed by atoms with E-state index in [1.807, 2.05) is 25.1 Å². The SMILES string of the molecule is CC[C@@H](O)c1ccccc1N(C)CC1CC1.